The second kappa shape index (κ2) is 10.8. The van der Waals surface area contributed by atoms with E-state index >= 15 is 0 Å². The standard InChI is InChI=1S/C22H26ClFN2O3/c1-4-15(2)25-22(28)16(3)26(13-17-7-5-6-8-20(17)24)21(27)14-29-19-11-9-18(23)10-12-19/h5-12,15-16H,4,13-14H2,1-3H3,(H,25,28)/t15-,16-/m1/s1. The smallest absolute Gasteiger partial charge is 0.261 e. The highest BCUT2D eigenvalue weighted by atomic mass is 35.5. The fraction of sp³-hybridized carbons (Fsp3) is 0.364. The minimum Gasteiger partial charge on any atom is -0.484 e. The molecule has 0 aromatic heterocycles. The summed E-state index contributed by atoms with van der Waals surface area (Å²) in [4.78, 5) is 26.8. The van der Waals surface area contributed by atoms with Crippen molar-refractivity contribution in [2.45, 2.75) is 45.8 Å². The Labute approximate surface area is 175 Å². The molecule has 0 bridgehead atoms. The van der Waals surface area contributed by atoms with Crippen molar-refractivity contribution in [3.8, 4) is 5.75 Å². The van der Waals surface area contributed by atoms with E-state index in [1.807, 2.05) is 13.8 Å². The lowest BCUT2D eigenvalue weighted by atomic mass is 10.1. The Kier molecular flexibility index (Phi) is 8.46. The largest absolute Gasteiger partial charge is 0.484 e. The minimum absolute atomic E-state index is 0.0271. The van der Waals surface area contributed by atoms with Crippen LogP contribution in [0.25, 0.3) is 0 Å². The molecule has 0 saturated heterocycles. The number of carbonyl (C=O) groups is 2. The van der Waals surface area contributed by atoms with Crippen molar-refractivity contribution in [1.29, 1.82) is 0 Å². The Bertz CT molecular complexity index is 829. The van der Waals surface area contributed by atoms with Gasteiger partial charge in [-0.25, -0.2) is 4.39 Å². The third kappa shape index (κ3) is 6.75. The lowest BCUT2D eigenvalue weighted by molar-refractivity contribution is -0.142. The molecule has 0 saturated carbocycles. The van der Waals surface area contributed by atoms with Crippen LogP contribution in [0, 0.1) is 5.82 Å². The molecule has 2 aromatic carbocycles. The van der Waals surface area contributed by atoms with E-state index in [0.717, 1.165) is 6.42 Å². The van der Waals surface area contributed by atoms with Crippen LogP contribution >= 0.6 is 11.6 Å². The molecule has 7 heteroatoms. The molecule has 0 radical (unpaired) electrons. The van der Waals surface area contributed by atoms with Crippen LogP contribution in [0.1, 0.15) is 32.8 Å². The van der Waals surface area contributed by atoms with Crippen LogP contribution in [0.4, 0.5) is 4.39 Å². The normalized spacial score (nSPS) is 12.7. The first-order chi connectivity index (χ1) is 13.8. The monoisotopic (exact) mass is 420 g/mol. The number of nitrogens with zero attached hydrogens (tertiary/aromatic N) is 1. The number of hydrogen-bond donors (Lipinski definition) is 1. The lowest BCUT2D eigenvalue weighted by Gasteiger charge is -2.29. The highest BCUT2D eigenvalue weighted by Crippen LogP contribution is 2.17. The first kappa shape index (κ1) is 22.7. The minimum atomic E-state index is -0.787. The maximum absolute atomic E-state index is 14.1. The topological polar surface area (TPSA) is 58.6 Å². The van der Waals surface area contributed by atoms with Crippen LogP contribution in [-0.4, -0.2) is 35.4 Å². The van der Waals surface area contributed by atoms with Gasteiger partial charge in [0.05, 0.1) is 0 Å². The molecule has 0 heterocycles. The van der Waals surface area contributed by atoms with Gasteiger partial charge in [0.15, 0.2) is 6.61 Å². The average Bonchev–Trinajstić information content (AvgIpc) is 2.71. The fourth-order valence-electron chi connectivity index (χ4n) is 2.62. The van der Waals surface area contributed by atoms with Crippen molar-refractivity contribution in [2.24, 2.45) is 0 Å². The summed E-state index contributed by atoms with van der Waals surface area (Å²) in [5, 5.41) is 3.42. The predicted molar refractivity (Wildman–Crippen MR) is 111 cm³/mol. The van der Waals surface area contributed by atoms with Gasteiger partial charge in [0.25, 0.3) is 5.91 Å². The molecule has 2 atom stereocenters. The van der Waals surface area contributed by atoms with Gasteiger partial charge in [-0.05, 0) is 50.6 Å². The summed E-state index contributed by atoms with van der Waals surface area (Å²) in [7, 11) is 0. The Morgan fingerprint density at radius 1 is 1.14 bits per heavy atom. The maximum atomic E-state index is 14.1. The number of ether oxygens (including phenoxy) is 1. The maximum Gasteiger partial charge on any atom is 0.261 e. The van der Waals surface area contributed by atoms with Crippen molar-refractivity contribution in [2.75, 3.05) is 6.61 Å². The summed E-state index contributed by atoms with van der Waals surface area (Å²) in [6.07, 6.45) is 0.763. The van der Waals surface area contributed by atoms with E-state index in [0.29, 0.717) is 16.3 Å². The van der Waals surface area contributed by atoms with Crippen LogP contribution in [0.3, 0.4) is 0 Å². The number of benzene rings is 2. The third-order valence-electron chi connectivity index (χ3n) is 4.64. The van der Waals surface area contributed by atoms with Gasteiger partial charge in [-0.2, -0.15) is 0 Å². The molecule has 0 fully saturated rings. The molecule has 0 spiro atoms. The molecular formula is C22H26ClFN2O3. The molecule has 1 N–H and O–H groups in total. The van der Waals surface area contributed by atoms with Crippen LogP contribution < -0.4 is 10.1 Å². The van der Waals surface area contributed by atoms with E-state index in [1.165, 1.54) is 11.0 Å². The van der Waals surface area contributed by atoms with Crippen LogP contribution in [0.5, 0.6) is 5.75 Å². The van der Waals surface area contributed by atoms with Crippen LogP contribution in [-0.2, 0) is 16.1 Å². The van der Waals surface area contributed by atoms with Gasteiger partial charge >= 0.3 is 0 Å². The Morgan fingerprint density at radius 3 is 2.41 bits per heavy atom. The molecule has 156 valence electrons. The highest BCUT2D eigenvalue weighted by molar-refractivity contribution is 6.30. The molecule has 0 aliphatic heterocycles. The number of carbonyl (C=O) groups excluding carboxylic acids is 2. The third-order valence-corrected chi connectivity index (χ3v) is 4.89. The van der Waals surface area contributed by atoms with Gasteiger partial charge in [-0.1, -0.05) is 36.7 Å². The SMILES string of the molecule is CC[C@@H](C)NC(=O)[C@@H](C)N(Cc1ccccc1F)C(=O)COc1ccc(Cl)cc1. The summed E-state index contributed by atoms with van der Waals surface area (Å²) in [5.41, 5.74) is 0.329. The van der Waals surface area contributed by atoms with E-state index in [1.54, 1.807) is 49.4 Å². The van der Waals surface area contributed by atoms with Gasteiger partial charge < -0.3 is 15.0 Å². The summed E-state index contributed by atoms with van der Waals surface area (Å²) >= 11 is 5.85. The molecule has 2 aromatic rings. The number of nitrogens with one attached hydrogen (secondary N) is 1. The number of rotatable bonds is 9. The van der Waals surface area contributed by atoms with E-state index < -0.39 is 17.8 Å². The van der Waals surface area contributed by atoms with Crippen molar-refractivity contribution in [3.63, 3.8) is 0 Å². The fourth-order valence-corrected chi connectivity index (χ4v) is 2.74. The van der Waals surface area contributed by atoms with Crippen molar-refractivity contribution < 1.29 is 18.7 Å². The molecule has 5 nitrogen and oxygen atoms in total. The Hall–Kier alpha value is -2.60. The zero-order valence-electron chi connectivity index (χ0n) is 16.8. The first-order valence-electron chi connectivity index (χ1n) is 9.53. The van der Waals surface area contributed by atoms with E-state index in [9.17, 15) is 14.0 Å². The van der Waals surface area contributed by atoms with Crippen molar-refractivity contribution in [3.05, 3.63) is 64.9 Å². The van der Waals surface area contributed by atoms with E-state index in [4.69, 9.17) is 16.3 Å². The zero-order chi connectivity index (χ0) is 21.4. The van der Waals surface area contributed by atoms with Crippen molar-refractivity contribution >= 4 is 23.4 Å². The van der Waals surface area contributed by atoms with E-state index in [-0.39, 0.29) is 25.1 Å². The molecular weight excluding hydrogens is 395 g/mol. The molecule has 0 aliphatic carbocycles. The number of amides is 2. The van der Waals surface area contributed by atoms with Crippen LogP contribution in [0.15, 0.2) is 48.5 Å². The van der Waals surface area contributed by atoms with Gasteiger partial charge in [-0.15, -0.1) is 0 Å². The molecule has 0 aliphatic rings. The second-order valence-corrected chi connectivity index (χ2v) is 7.29. The predicted octanol–water partition coefficient (Wildman–Crippen LogP) is 4.19. The second-order valence-electron chi connectivity index (χ2n) is 6.85. The Morgan fingerprint density at radius 2 is 1.79 bits per heavy atom. The average molecular weight is 421 g/mol. The molecule has 0 unspecified atom stereocenters. The summed E-state index contributed by atoms with van der Waals surface area (Å²) in [6.45, 7) is 5.15. The zero-order valence-corrected chi connectivity index (χ0v) is 17.6. The van der Waals surface area contributed by atoms with Gasteiger partial charge in [-0.3, -0.25) is 9.59 Å². The highest BCUT2D eigenvalue weighted by Gasteiger charge is 2.27. The van der Waals surface area contributed by atoms with Gasteiger partial charge in [0.2, 0.25) is 5.91 Å². The molecule has 2 rings (SSSR count). The quantitative estimate of drug-likeness (QED) is 0.661. The van der Waals surface area contributed by atoms with Crippen molar-refractivity contribution in [1.82, 2.24) is 10.2 Å². The van der Waals surface area contributed by atoms with Gasteiger partial charge in [0, 0.05) is 23.2 Å². The molecule has 29 heavy (non-hydrogen) atoms. The lowest BCUT2D eigenvalue weighted by Crippen LogP contribution is -2.50. The molecule has 2 amide bonds. The summed E-state index contributed by atoms with van der Waals surface area (Å²) in [5.74, 6) is -0.672. The number of halogens is 2. The Balaban J connectivity index is 2.15. The number of hydrogen-bond acceptors (Lipinski definition) is 3. The first-order valence-corrected chi connectivity index (χ1v) is 9.91. The van der Waals surface area contributed by atoms with E-state index in [2.05, 4.69) is 5.32 Å². The van der Waals surface area contributed by atoms with Gasteiger partial charge in [0.1, 0.15) is 17.6 Å². The van der Waals surface area contributed by atoms with Crippen LogP contribution in [0.2, 0.25) is 5.02 Å². The summed E-state index contributed by atoms with van der Waals surface area (Å²) in [6, 6.07) is 12.0. The summed E-state index contributed by atoms with van der Waals surface area (Å²) < 4.78 is 19.7.